The molecule has 7 heteroatoms. The zero-order valence-electron chi connectivity index (χ0n) is 19.5. The van der Waals surface area contributed by atoms with E-state index in [0.717, 1.165) is 71.1 Å². The SMILES string of the molecule is Cc1cccc(-c2[nH]cnc2-c2ccc3ncc(NCCN4C[C@@H](C)N[C@@H](C)C4)cc3c2)n1. The molecule has 4 aromatic rings. The van der Waals surface area contributed by atoms with Crippen LogP contribution >= 0.6 is 0 Å². The summed E-state index contributed by atoms with van der Waals surface area (Å²) in [7, 11) is 0. The number of pyridine rings is 2. The number of rotatable bonds is 6. The molecule has 2 atom stereocenters. The van der Waals surface area contributed by atoms with Gasteiger partial charge in [-0.3, -0.25) is 14.9 Å². The number of piperazine rings is 1. The maximum atomic E-state index is 4.66. The number of hydrogen-bond acceptors (Lipinski definition) is 6. The topological polar surface area (TPSA) is 81.8 Å². The monoisotopic (exact) mass is 441 g/mol. The molecule has 3 N–H and O–H groups in total. The molecule has 7 nitrogen and oxygen atoms in total. The number of nitrogens with one attached hydrogen (secondary N) is 3. The van der Waals surface area contributed by atoms with E-state index in [9.17, 15) is 0 Å². The highest BCUT2D eigenvalue weighted by Gasteiger charge is 2.20. The second-order valence-corrected chi connectivity index (χ2v) is 9.08. The Morgan fingerprint density at radius 2 is 1.91 bits per heavy atom. The zero-order chi connectivity index (χ0) is 22.8. The van der Waals surface area contributed by atoms with Crippen LogP contribution in [0.15, 0.2) is 55.0 Å². The van der Waals surface area contributed by atoms with Gasteiger partial charge in [0.1, 0.15) is 0 Å². The molecule has 0 radical (unpaired) electrons. The fourth-order valence-electron chi connectivity index (χ4n) is 4.75. The van der Waals surface area contributed by atoms with Gasteiger partial charge in [0.25, 0.3) is 0 Å². The predicted molar refractivity (Wildman–Crippen MR) is 134 cm³/mol. The largest absolute Gasteiger partial charge is 0.382 e. The summed E-state index contributed by atoms with van der Waals surface area (Å²) in [6.07, 6.45) is 3.65. The summed E-state index contributed by atoms with van der Waals surface area (Å²) in [6.45, 7) is 10.6. The number of fused-ring (bicyclic) bond motifs is 1. The van der Waals surface area contributed by atoms with Gasteiger partial charge in [0.05, 0.1) is 40.8 Å². The molecule has 1 aromatic carbocycles. The lowest BCUT2D eigenvalue weighted by atomic mass is 10.0. The summed E-state index contributed by atoms with van der Waals surface area (Å²) in [6, 6.07) is 15.6. The second kappa shape index (κ2) is 9.29. The van der Waals surface area contributed by atoms with Crippen molar-refractivity contribution >= 4 is 16.6 Å². The van der Waals surface area contributed by atoms with Crippen molar-refractivity contribution in [2.75, 3.05) is 31.5 Å². The lowest BCUT2D eigenvalue weighted by Gasteiger charge is -2.36. The van der Waals surface area contributed by atoms with Crippen LogP contribution in [0.2, 0.25) is 0 Å². The molecule has 33 heavy (non-hydrogen) atoms. The first kappa shape index (κ1) is 21.6. The van der Waals surface area contributed by atoms with Crippen LogP contribution in [0.1, 0.15) is 19.5 Å². The molecule has 1 aliphatic heterocycles. The minimum absolute atomic E-state index is 0.538. The number of benzene rings is 1. The standard InChI is InChI=1S/C26H31N7/c1-17-5-4-6-24(32-17)26-25(29-16-30-26)20-7-8-23-21(11-20)12-22(13-28-23)27-9-10-33-14-18(2)31-19(3)15-33/h4-8,11-13,16,18-19,27,31H,9-10,14-15H2,1-3H3,(H,29,30)/t18-,19+. The Kier molecular flexibility index (Phi) is 6.07. The van der Waals surface area contributed by atoms with Crippen LogP contribution in [0.25, 0.3) is 33.5 Å². The second-order valence-electron chi connectivity index (χ2n) is 9.08. The third-order valence-corrected chi connectivity index (χ3v) is 6.13. The summed E-state index contributed by atoms with van der Waals surface area (Å²) in [5.41, 5.74) is 6.77. The summed E-state index contributed by atoms with van der Waals surface area (Å²) in [4.78, 5) is 19.7. The van der Waals surface area contributed by atoms with Gasteiger partial charge in [0.15, 0.2) is 0 Å². The molecule has 5 rings (SSSR count). The van der Waals surface area contributed by atoms with E-state index in [2.05, 4.69) is 73.6 Å². The first-order chi connectivity index (χ1) is 16.0. The van der Waals surface area contributed by atoms with Crippen LogP contribution in [0.3, 0.4) is 0 Å². The van der Waals surface area contributed by atoms with Gasteiger partial charge in [-0.1, -0.05) is 12.1 Å². The lowest BCUT2D eigenvalue weighted by molar-refractivity contribution is 0.179. The van der Waals surface area contributed by atoms with Crippen molar-refractivity contribution in [3.63, 3.8) is 0 Å². The molecule has 170 valence electrons. The summed E-state index contributed by atoms with van der Waals surface area (Å²) in [5.74, 6) is 0. The van der Waals surface area contributed by atoms with Crippen LogP contribution in [0.5, 0.6) is 0 Å². The molecule has 0 saturated carbocycles. The van der Waals surface area contributed by atoms with Crippen molar-refractivity contribution in [1.82, 2.24) is 30.2 Å². The van der Waals surface area contributed by atoms with Gasteiger partial charge in [-0.15, -0.1) is 0 Å². The van der Waals surface area contributed by atoms with E-state index in [-0.39, 0.29) is 0 Å². The highest BCUT2D eigenvalue weighted by atomic mass is 15.2. The van der Waals surface area contributed by atoms with E-state index >= 15 is 0 Å². The first-order valence-corrected chi connectivity index (χ1v) is 11.6. The Balaban J connectivity index is 1.33. The Labute approximate surface area is 194 Å². The van der Waals surface area contributed by atoms with Crippen LogP contribution in [-0.2, 0) is 0 Å². The lowest BCUT2D eigenvalue weighted by Crippen LogP contribution is -2.54. The van der Waals surface area contributed by atoms with Crippen molar-refractivity contribution in [3.8, 4) is 22.6 Å². The number of imidazole rings is 1. The molecule has 0 amide bonds. The molecule has 4 heterocycles. The van der Waals surface area contributed by atoms with E-state index < -0.39 is 0 Å². The number of aromatic nitrogens is 4. The molecule has 1 aliphatic rings. The quantitative estimate of drug-likeness (QED) is 0.418. The Bertz CT molecular complexity index is 1240. The van der Waals surface area contributed by atoms with E-state index in [1.165, 1.54) is 0 Å². The Morgan fingerprint density at radius 3 is 2.73 bits per heavy atom. The first-order valence-electron chi connectivity index (χ1n) is 11.6. The van der Waals surface area contributed by atoms with Crippen molar-refractivity contribution in [2.24, 2.45) is 0 Å². The number of H-pyrrole nitrogens is 1. The molecule has 1 saturated heterocycles. The molecule has 3 aromatic heterocycles. The fourth-order valence-corrected chi connectivity index (χ4v) is 4.75. The van der Waals surface area contributed by atoms with Gasteiger partial charge in [0.2, 0.25) is 0 Å². The van der Waals surface area contributed by atoms with Gasteiger partial charge >= 0.3 is 0 Å². The predicted octanol–water partition coefficient (Wildman–Crippen LogP) is 4.09. The van der Waals surface area contributed by atoms with Gasteiger partial charge < -0.3 is 15.6 Å². The zero-order valence-corrected chi connectivity index (χ0v) is 19.5. The van der Waals surface area contributed by atoms with Gasteiger partial charge in [-0.05, 0) is 51.1 Å². The maximum Gasteiger partial charge on any atom is 0.0977 e. The highest BCUT2D eigenvalue weighted by Crippen LogP contribution is 2.30. The normalized spacial score (nSPS) is 19.1. The van der Waals surface area contributed by atoms with Gasteiger partial charge in [-0.25, -0.2) is 4.98 Å². The molecule has 0 aliphatic carbocycles. The van der Waals surface area contributed by atoms with E-state index in [1.807, 2.05) is 31.3 Å². The summed E-state index contributed by atoms with van der Waals surface area (Å²) in [5, 5.41) is 8.23. The average Bonchev–Trinajstić information content (AvgIpc) is 3.28. The summed E-state index contributed by atoms with van der Waals surface area (Å²) < 4.78 is 0. The van der Waals surface area contributed by atoms with Crippen molar-refractivity contribution < 1.29 is 0 Å². The minimum Gasteiger partial charge on any atom is -0.382 e. The number of nitrogens with zero attached hydrogens (tertiary/aromatic N) is 4. The van der Waals surface area contributed by atoms with E-state index in [1.54, 1.807) is 6.33 Å². The molecule has 1 fully saturated rings. The molecular weight excluding hydrogens is 410 g/mol. The minimum atomic E-state index is 0.538. The average molecular weight is 442 g/mol. The van der Waals surface area contributed by atoms with Crippen molar-refractivity contribution in [3.05, 3.63) is 60.7 Å². The van der Waals surface area contributed by atoms with Crippen molar-refractivity contribution in [1.29, 1.82) is 0 Å². The number of aryl methyl sites for hydroxylation is 1. The van der Waals surface area contributed by atoms with Gasteiger partial charge in [0, 0.05) is 54.9 Å². The van der Waals surface area contributed by atoms with Crippen LogP contribution < -0.4 is 10.6 Å². The van der Waals surface area contributed by atoms with Crippen molar-refractivity contribution in [2.45, 2.75) is 32.9 Å². The summed E-state index contributed by atoms with van der Waals surface area (Å²) >= 11 is 0. The third kappa shape index (κ3) is 4.89. The molecule has 0 unspecified atom stereocenters. The fraction of sp³-hybridized carbons (Fsp3) is 0.346. The number of aromatic amines is 1. The van der Waals surface area contributed by atoms with E-state index in [4.69, 9.17) is 0 Å². The van der Waals surface area contributed by atoms with Gasteiger partial charge in [-0.2, -0.15) is 0 Å². The number of hydrogen-bond donors (Lipinski definition) is 3. The third-order valence-electron chi connectivity index (χ3n) is 6.13. The maximum absolute atomic E-state index is 4.66. The molecule has 0 spiro atoms. The highest BCUT2D eigenvalue weighted by molar-refractivity contribution is 5.88. The molecular formula is C26H31N7. The van der Waals surface area contributed by atoms with Crippen LogP contribution in [-0.4, -0.2) is 63.1 Å². The number of anilines is 1. The Morgan fingerprint density at radius 1 is 1.06 bits per heavy atom. The van der Waals surface area contributed by atoms with Crippen LogP contribution in [0.4, 0.5) is 5.69 Å². The Hall–Kier alpha value is -3.29. The molecule has 0 bridgehead atoms. The van der Waals surface area contributed by atoms with Crippen LogP contribution in [0, 0.1) is 6.92 Å². The van der Waals surface area contributed by atoms with E-state index in [0.29, 0.717) is 12.1 Å². The smallest absolute Gasteiger partial charge is 0.0977 e.